The van der Waals surface area contributed by atoms with E-state index in [9.17, 15) is 19.7 Å². The highest BCUT2D eigenvalue weighted by Gasteiger charge is 2.25. The number of methoxy groups -OCH3 is 1. The second-order valence-electron chi connectivity index (χ2n) is 7.33. The zero-order chi connectivity index (χ0) is 23.6. The van der Waals surface area contributed by atoms with E-state index in [4.69, 9.17) is 4.74 Å². The van der Waals surface area contributed by atoms with Gasteiger partial charge in [0.25, 0.3) is 0 Å². The van der Waals surface area contributed by atoms with Crippen molar-refractivity contribution in [2.24, 2.45) is 0 Å². The zero-order valence-corrected chi connectivity index (χ0v) is 18.4. The van der Waals surface area contributed by atoms with Gasteiger partial charge in [0, 0.05) is 0 Å². The first kappa shape index (κ1) is 22.7. The molecule has 3 rings (SSSR count). The fourth-order valence-electron chi connectivity index (χ4n) is 3.48. The van der Waals surface area contributed by atoms with Crippen LogP contribution in [0.25, 0.3) is 0 Å². The van der Waals surface area contributed by atoms with E-state index in [1.165, 1.54) is 11.8 Å². The molecule has 0 radical (unpaired) electrons. The monoisotopic (exact) mass is 440 g/mol. The molecule has 11 heteroatoms. The molecule has 1 amide bonds. The Kier molecular flexibility index (Phi) is 6.37. The Morgan fingerprint density at radius 3 is 2.53 bits per heavy atom. The number of aryl methyl sites for hydroxylation is 1. The SMILES string of the molecule is COC(=O)c1ccccc1Cn1nc(C)c(NC(=O)C(C)n2ncc([N+](=O)[O-])c2C)c1C. The largest absolute Gasteiger partial charge is 0.465 e. The molecule has 32 heavy (non-hydrogen) atoms. The number of hydrogen-bond donors (Lipinski definition) is 1. The van der Waals surface area contributed by atoms with Crippen LogP contribution in [0, 0.1) is 30.9 Å². The van der Waals surface area contributed by atoms with E-state index >= 15 is 0 Å². The average Bonchev–Trinajstić information content (AvgIpc) is 3.27. The van der Waals surface area contributed by atoms with Crippen molar-refractivity contribution >= 4 is 23.3 Å². The molecule has 3 aromatic rings. The fraction of sp³-hybridized carbons (Fsp3) is 0.333. The lowest BCUT2D eigenvalue weighted by atomic mass is 10.1. The summed E-state index contributed by atoms with van der Waals surface area (Å²) >= 11 is 0. The molecule has 1 aromatic carbocycles. The summed E-state index contributed by atoms with van der Waals surface area (Å²) in [5.74, 6) is -0.819. The van der Waals surface area contributed by atoms with Crippen LogP contribution in [0.15, 0.2) is 30.5 Å². The number of carbonyl (C=O) groups excluding carboxylic acids is 2. The Bertz CT molecular complexity index is 1200. The first-order valence-corrected chi connectivity index (χ1v) is 9.85. The molecule has 11 nitrogen and oxygen atoms in total. The summed E-state index contributed by atoms with van der Waals surface area (Å²) in [6, 6.07) is 6.31. The molecule has 0 bridgehead atoms. The van der Waals surface area contributed by atoms with E-state index < -0.39 is 16.9 Å². The van der Waals surface area contributed by atoms with Crippen molar-refractivity contribution in [1.29, 1.82) is 0 Å². The summed E-state index contributed by atoms with van der Waals surface area (Å²) in [6.07, 6.45) is 1.13. The summed E-state index contributed by atoms with van der Waals surface area (Å²) in [5.41, 5.74) is 3.16. The molecule has 1 atom stereocenters. The molecule has 0 fully saturated rings. The minimum Gasteiger partial charge on any atom is -0.465 e. The molecule has 0 spiro atoms. The van der Waals surface area contributed by atoms with Crippen molar-refractivity contribution in [3.05, 3.63) is 68.8 Å². The number of carbonyl (C=O) groups is 2. The van der Waals surface area contributed by atoms with Crippen LogP contribution in [0.4, 0.5) is 11.4 Å². The van der Waals surface area contributed by atoms with Gasteiger partial charge in [-0.25, -0.2) is 4.79 Å². The number of nitro groups is 1. The lowest BCUT2D eigenvalue weighted by molar-refractivity contribution is -0.385. The predicted molar refractivity (Wildman–Crippen MR) is 116 cm³/mol. The van der Waals surface area contributed by atoms with Crippen LogP contribution in [0.3, 0.4) is 0 Å². The summed E-state index contributed by atoms with van der Waals surface area (Å²) < 4.78 is 7.86. The quantitative estimate of drug-likeness (QED) is 0.339. The first-order chi connectivity index (χ1) is 15.1. The molecule has 168 valence electrons. The van der Waals surface area contributed by atoms with Crippen LogP contribution in [0.2, 0.25) is 0 Å². The van der Waals surface area contributed by atoms with E-state index in [1.54, 1.807) is 37.6 Å². The Hall–Kier alpha value is -4.02. The number of nitrogens with one attached hydrogen (secondary N) is 1. The molecule has 0 aliphatic rings. The number of anilines is 1. The fourth-order valence-corrected chi connectivity index (χ4v) is 3.48. The van der Waals surface area contributed by atoms with Gasteiger partial charge >= 0.3 is 11.7 Å². The summed E-state index contributed by atoms with van der Waals surface area (Å²) in [7, 11) is 1.33. The summed E-state index contributed by atoms with van der Waals surface area (Å²) in [4.78, 5) is 35.4. The Balaban J connectivity index is 1.84. The van der Waals surface area contributed by atoms with Gasteiger partial charge in [-0.1, -0.05) is 18.2 Å². The average molecular weight is 440 g/mol. The molecule has 0 saturated heterocycles. The summed E-state index contributed by atoms with van der Waals surface area (Å²) in [5, 5.41) is 22.4. The highest BCUT2D eigenvalue weighted by Crippen LogP contribution is 2.25. The topological polar surface area (TPSA) is 134 Å². The second kappa shape index (κ2) is 9.00. The van der Waals surface area contributed by atoms with E-state index in [-0.39, 0.29) is 11.6 Å². The molecule has 0 aliphatic carbocycles. The van der Waals surface area contributed by atoms with Gasteiger partial charge in [-0.05, 0) is 39.3 Å². The third-order valence-corrected chi connectivity index (χ3v) is 5.33. The van der Waals surface area contributed by atoms with Gasteiger partial charge in [-0.3, -0.25) is 24.3 Å². The molecule has 2 aromatic heterocycles. The van der Waals surface area contributed by atoms with Crippen LogP contribution in [0.5, 0.6) is 0 Å². The molecule has 1 unspecified atom stereocenters. The van der Waals surface area contributed by atoms with Crippen LogP contribution in [0.1, 0.15) is 46.0 Å². The van der Waals surface area contributed by atoms with Gasteiger partial charge in [0.1, 0.15) is 17.9 Å². The van der Waals surface area contributed by atoms with Crippen molar-refractivity contribution in [3.63, 3.8) is 0 Å². The number of esters is 1. The minimum absolute atomic E-state index is 0.144. The molecule has 0 aliphatic heterocycles. The van der Waals surface area contributed by atoms with Crippen molar-refractivity contribution in [1.82, 2.24) is 19.6 Å². The van der Waals surface area contributed by atoms with E-state index in [1.807, 2.05) is 19.1 Å². The number of rotatable bonds is 7. The van der Waals surface area contributed by atoms with Gasteiger partial charge < -0.3 is 10.1 Å². The Morgan fingerprint density at radius 1 is 1.22 bits per heavy atom. The minimum atomic E-state index is -0.772. The normalized spacial score (nSPS) is 11.8. The van der Waals surface area contributed by atoms with Crippen molar-refractivity contribution in [2.75, 3.05) is 12.4 Å². The van der Waals surface area contributed by atoms with E-state index in [2.05, 4.69) is 15.5 Å². The highest BCUT2D eigenvalue weighted by atomic mass is 16.6. The third kappa shape index (κ3) is 4.22. The lowest BCUT2D eigenvalue weighted by Gasteiger charge is -2.14. The molecule has 1 N–H and O–H groups in total. The predicted octanol–water partition coefficient (Wildman–Crippen LogP) is 2.95. The van der Waals surface area contributed by atoms with E-state index in [0.717, 1.165) is 11.8 Å². The molecular formula is C21H24N6O5. The van der Waals surface area contributed by atoms with Crippen LogP contribution < -0.4 is 5.32 Å². The van der Waals surface area contributed by atoms with Gasteiger partial charge in [0.05, 0.1) is 41.2 Å². The second-order valence-corrected chi connectivity index (χ2v) is 7.33. The van der Waals surface area contributed by atoms with Crippen LogP contribution in [-0.4, -0.2) is 43.5 Å². The maximum absolute atomic E-state index is 12.9. The van der Waals surface area contributed by atoms with Gasteiger partial charge in [-0.15, -0.1) is 0 Å². The summed E-state index contributed by atoms with van der Waals surface area (Å²) in [6.45, 7) is 7.04. The molecular weight excluding hydrogens is 416 g/mol. The Labute approximate surface area is 184 Å². The number of benzene rings is 1. The standard InChI is InChI=1S/C21H24N6O5/c1-12-19(23-20(28)15(4)26-13(2)18(10-22-26)27(30)31)14(3)25(24-12)11-16-8-6-7-9-17(16)21(29)32-5/h6-10,15H,11H2,1-5H3,(H,23,28). The van der Waals surface area contributed by atoms with Gasteiger partial charge in [-0.2, -0.15) is 10.2 Å². The number of hydrogen-bond acceptors (Lipinski definition) is 7. The number of amides is 1. The number of nitrogens with zero attached hydrogens (tertiary/aromatic N) is 5. The highest BCUT2D eigenvalue weighted by molar-refractivity contribution is 5.94. The maximum atomic E-state index is 12.9. The molecule has 2 heterocycles. The zero-order valence-electron chi connectivity index (χ0n) is 18.4. The van der Waals surface area contributed by atoms with Crippen molar-refractivity contribution in [2.45, 2.75) is 40.3 Å². The van der Waals surface area contributed by atoms with Gasteiger partial charge in [0.15, 0.2) is 0 Å². The Morgan fingerprint density at radius 2 is 1.91 bits per heavy atom. The maximum Gasteiger partial charge on any atom is 0.338 e. The number of aromatic nitrogens is 4. The third-order valence-electron chi connectivity index (χ3n) is 5.33. The molecule has 0 saturated carbocycles. The number of ether oxygens (including phenoxy) is 1. The van der Waals surface area contributed by atoms with Crippen LogP contribution in [-0.2, 0) is 16.1 Å². The van der Waals surface area contributed by atoms with Crippen molar-refractivity contribution in [3.8, 4) is 0 Å². The van der Waals surface area contributed by atoms with Crippen molar-refractivity contribution < 1.29 is 19.2 Å². The lowest BCUT2D eigenvalue weighted by Crippen LogP contribution is -2.25. The smallest absolute Gasteiger partial charge is 0.338 e. The van der Waals surface area contributed by atoms with Crippen LogP contribution >= 0.6 is 0 Å². The van der Waals surface area contributed by atoms with Gasteiger partial charge in [0.2, 0.25) is 5.91 Å². The first-order valence-electron chi connectivity index (χ1n) is 9.85. The van der Waals surface area contributed by atoms with E-state index in [0.29, 0.717) is 34.9 Å².